The highest BCUT2D eigenvalue weighted by Gasteiger charge is 2.14. The summed E-state index contributed by atoms with van der Waals surface area (Å²) >= 11 is 0. The van der Waals surface area contributed by atoms with Gasteiger partial charge in [0.05, 0.1) is 4.90 Å². The molecule has 0 fully saturated rings. The minimum atomic E-state index is -3.74. The predicted octanol–water partition coefficient (Wildman–Crippen LogP) is 3.79. The molecule has 0 bridgehead atoms. The minimum Gasteiger partial charge on any atom is -0.225 e. The van der Waals surface area contributed by atoms with Crippen molar-refractivity contribution < 1.29 is 8.42 Å². The van der Waals surface area contributed by atoms with Gasteiger partial charge in [0.25, 0.3) is 0 Å². The maximum absolute atomic E-state index is 11.7. The summed E-state index contributed by atoms with van der Waals surface area (Å²) in [5, 5.41) is 5.31. The Labute approximate surface area is 142 Å². The van der Waals surface area contributed by atoms with Gasteiger partial charge in [-0.3, -0.25) is 0 Å². The molecule has 0 heterocycles. The van der Waals surface area contributed by atoms with Gasteiger partial charge in [-0.25, -0.2) is 13.6 Å². The Balaban J connectivity index is 1.81. The van der Waals surface area contributed by atoms with Gasteiger partial charge in [0.15, 0.2) is 0 Å². The van der Waals surface area contributed by atoms with Crippen molar-refractivity contribution in [3.8, 4) is 11.1 Å². The van der Waals surface area contributed by atoms with Crippen LogP contribution in [0.2, 0.25) is 0 Å². The van der Waals surface area contributed by atoms with Gasteiger partial charge >= 0.3 is 0 Å². The predicted molar refractivity (Wildman–Crippen MR) is 97.1 cm³/mol. The molecule has 0 radical (unpaired) electrons. The van der Waals surface area contributed by atoms with E-state index in [2.05, 4.69) is 12.1 Å². The topological polar surface area (TPSA) is 60.2 Å². The van der Waals surface area contributed by atoms with Gasteiger partial charge in [0.2, 0.25) is 10.0 Å². The van der Waals surface area contributed by atoms with Gasteiger partial charge in [-0.1, -0.05) is 72.8 Å². The Morgan fingerprint density at radius 3 is 1.83 bits per heavy atom. The summed E-state index contributed by atoms with van der Waals surface area (Å²) in [6.07, 6.45) is 1.93. The number of benzene rings is 3. The molecule has 0 aromatic heterocycles. The molecule has 0 aliphatic heterocycles. The fourth-order valence-electron chi connectivity index (χ4n) is 2.74. The first-order valence-electron chi connectivity index (χ1n) is 7.79. The Kier molecular flexibility index (Phi) is 4.79. The van der Waals surface area contributed by atoms with E-state index < -0.39 is 10.0 Å². The van der Waals surface area contributed by atoms with Crippen LogP contribution < -0.4 is 5.14 Å². The fraction of sp³-hybridized carbons (Fsp3) is 0.100. The van der Waals surface area contributed by atoms with Crippen LogP contribution in [0.3, 0.4) is 0 Å². The van der Waals surface area contributed by atoms with Gasteiger partial charge in [0.1, 0.15) is 0 Å². The van der Waals surface area contributed by atoms with Gasteiger partial charge in [0, 0.05) is 5.56 Å². The van der Waals surface area contributed by atoms with E-state index in [4.69, 9.17) is 5.14 Å². The molecule has 24 heavy (non-hydrogen) atoms. The van der Waals surface area contributed by atoms with Crippen molar-refractivity contribution in [1.82, 2.24) is 0 Å². The number of sulfonamides is 1. The zero-order valence-corrected chi connectivity index (χ0v) is 14.0. The van der Waals surface area contributed by atoms with Crippen molar-refractivity contribution >= 4 is 10.0 Å². The largest absolute Gasteiger partial charge is 0.238 e. The highest BCUT2D eigenvalue weighted by atomic mass is 32.2. The summed E-state index contributed by atoms with van der Waals surface area (Å²) in [5.74, 6) is 0. The van der Waals surface area contributed by atoms with Gasteiger partial charge in [-0.2, -0.15) is 0 Å². The van der Waals surface area contributed by atoms with Crippen LogP contribution >= 0.6 is 0 Å². The molecular weight excluding hydrogens is 318 g/mol. The van der Waals surface area contributed by atoms with Crippen molar-refractivity contribution in [2.24, 2.45) is 5.14 Å². The van der Waals surface area contributed by atoms with Crippen LogP contribution in [-0.2, 0) is 22.9 Å². The third-order valence-corrected chi connectivity index (χ3v) is 4.97. The highest BCUT2D eigenvalue weighted by molar-refractivity contribution is 7.89. The zero-order chi connectivity index (χ0) is 17.0. The van der Waals surface area contributed by atoms with Crippen LogP contribution in [0.25, 0.3) is 11.1 Å². The van der Waals surface area contributed by atoms with Gasteiger partial charge in [-0.15, -0.1) is 0 Å². The first kappa shape index (κ1) is 16.4. The molecule has 3 aromatic rings. The van der Waals surface area contributed by atoms with Crippen LogP contribution in [0.1, 0.15) is 11.1 Å². The molecule has 0 saturated carbocycles. The second kappa shape index (κ2) is 6.99. The first-order valence-corrected chi connectivity index (χ1v) is 9.34. The molecule has 0 amide bonds. The molecule has 0 unspecified atom stereocenters. The van der Waals surface area contributed by atoms with Crippen molar-refractivity contribution in [1.29, 1.82) is 0 Å². The van der Waals surface area contributed by atoms with Crippen molar-refractivity contribution in [2.45, 2.75) is 17.7 Å². The normalized spacial score (nSPS) is 11.4. The van der Waals surface area contributed by atoms with Crippen LogP contribution in [0.4, 0.5) is 0 Å². The van der Waals surface area contributed by atoms with Crippen LogP contribution in [0.15, 0.2) is 83.8 Å². The molecule has 3 rings (SSSR count). The van der Waals surface area contributed by atoms with E-state index in [1.807, 2.05) is 48.5 Å². The SMILES string of the molecule is NS(=O)(=O)c1ccccc1-c1ccc(CCc2ccccc2)cc1. The third kappa shape index (κ3) is 3.91. The molecule has 0 saturated heterocycles. The number of hydrogen-bond acceptors (Lipinski definition) is 2. The number of hydrogen-bond donors (Lipinski definition) is 1. The van der Waals surface area contributed by atoms with E-state index in [0.29, 0.717) is 5.56 Å². The average molecular weight is 337 g/mol. The molecule has 2 N–H and O–H groups in total. The Bertz CT molecular complexity index is 917. The number of rotatable bonds is 5. The monoisotopic (exact) mass is 337 g/mol. The van der Waals surface area contributed by atoms with Crippen molar-refractivity contribution in [2.75, 3.05) is 0 Å². The summed E-state index contributed by atoms with van der Waals surface area (Å²) in [7, 11) is -3.74. The summed E-state index contributed by atoms with van der Waals surface area (Å²) in [6.45, 7) is 0. The lowest BCUT2D eigenvalue weighted by atomic mass is 10.0. The summed E-state index contributed by atoms with van der Waals surface area (Å²) in [6, 6.07) is 25.1. The van der Waals surface area contributed by atoms with E-state index in [-0.39, 0.29) is 4.90 Å². The fourth-order valence-corrected chi connectivity index (χ4v) is 3.50. The smallest absolute Gasteiger partial charge is 0.225 e. The second-order valence-electron chi connectivity index (χ2n) is 5.72. The molecule has 4 heteroatoms. The Morgan fingerprint density at radius 1 is 0.667 bits per heavy atom. The van der Waals surface area contributed by atoms with E-state index in [9.17, 15) is 8.42 Å². The maximum Gasteiger partial charge on any atom is 0.238 e. The lowest BCUT2D eigenvalue weighted by molar-refractivity contribution is 0.598. The number of aryl methyl sites for hydroxylation is 2. The summed E-state index contributed by atoms with van der Waals surface area (Å²) in [4.78, 5) is 0.155. The van der Waals surface area contributed by atoms with Crippen LogP contribution in [-0.4, -0.2) is 8.42 Å². The first-order chi connectivity index (χ1) is 11.5. The molecule has 0 atom stereocenters. The van der Waals surface area contributed by atoms with Crippen LogP contribution in [0, 0.1) is 0 Å². The summed E-state index contributed by atoms with van der Waals surface area (Å²) in [5.41, 5.74) is 4.01. The maximum atomic E-state index is 11.7. The minimum absolute atomic E-state index is 0.155. The van der Waals surface area contributed by atoms with E-state index in [1.54, 1.807) is 12.1 Å². The van der Waals surface area contributed by atoms with E-state index in [0.717, 1.165) is 18.4 Å². The molecule has 0 aliphatic rings. The summed E-state index contributed by atoms with van der Waals surface area (Å²) < 4.78 is 23.5. The van der Waals surface area contributed by atoms with E-state index in [1.165, 1.54) is 17.2 Å². The number of primary sulfonamides is 1. The molecule has 122 valence electrons. The van der Waals surface area contributed by atoms with Crippen molar-refractivity contribution in [3.63, 3.8) is 0 Å². The highest BCUT2D eigenvalue weighted by Crippen LogP contribution is 2.26. The Morgan fingerprint density at radius 2 is 1.21 bits per heavy atom. The van der Waals surface area contributed by atoms with Gasteiger partial charge < -0.3 is 0 Å². The average Bonchev–Trinajstić information content (AvgIpc) is 2.61. The molecule has 3 nitrogen and oxygen atoms in total. The second-order valence-corrected chi connectivity index (χ2v) is 7.25. The standard InChI is InChI=1S/C20H19NO2S/c21-24(22,23)20-9-5-4-8-19(20)18-14-12-17(13-15-18)11-10-16-6-2-1-3-7-16/h1-9,12-15H,10-11H2,(H2,21,22,23). The zero-order valence-electron chi connectivity index (χ0n) is 13.2. The molecular formula is C20H19NO2S. The number of nitrogens with two attached hydrogens (primary N) is 1. The quantitative estimate of drug-likeness (QED) is 0.770. The van der Waals surface area contributed by atoms with E-state index >= 15 is 0 Å². The van der Waals surface area contributed by atoms with Crippen molar-refractivity contribution in [3.05, 3.63) is 90.0 Å². The lowest BCUT2D eigenvalue weighted by Gasteiger charge is -2.09. The molecule has 0 spiro atoms. The molecule has 3 aromatic carbocycles. The molecule has 0 aliphatic carbocycles. The third-order valence-electron chi connectivity index (χ3n) is 4.00. The lowest BCUT2D eigenvalue weighted by Crippen LogP contribution is -2.13. The Hall–Kier alpha value is -2.43. The van der Waals surface area contributed by atoms with Gasteiger partial charge in [-0.05, 0) is 35.6 Å². The van der Waals surface area contributed by atoms with Crippen LogP contribution in [0.5, 0.6) is 0 Å².